The van der Waals surface area contributed by atoms with Crippen molar-refractivity contribution in [3.8, 4) is 17.2 Å². The summed E-state index contributed by atoms with van der Waals surface area (Å²) >= 11 is 7.26. The van der Waals surface area contributed by atoms with E-state index in [1.54, 1.807) is 21.3 Å². The minimum Gasteiger partial charge on any atom is -0.497 e. The molecule has 2 rings (SSSR count). The van der Waals surface area contributed by atoms with Gasteiger partial charge in [0.25, 0.3) is 0 Å². The van der Waals surface area contributed by atoms with Crippen LogP contribution in [0.3, 0.4) is 0 Å². The van der Waals surface area contributed by atoms with Crippen LogP contribution in [0.15, 0.2) is 40.9 Å². The van der Waals surface area contributed by atoms with E-state index >= 15 is 0 Å². The van der Waals surface area contributed by atoms with Gasteiger partial charge in [0.15, 0.2) is 0 Å². The highest BCUT2D eigenvalue weighted by atomic mass is 79.9. The first kappa shape index (κ1) is 16.2. The minimum atomic E-state index is -0.00949. The van der Waals surface area contributed by atoms with E-state index in [-0.39, 0.29) is 4.83 Å². The van der Waals surface area contributed by atoms with Gasteiger partial charge in [-0.2, -0.15) is 0 Å². The molecule has 0 saturated carbocycles. The molecule has 0 aliphatic carbocycles. The molecule has 1 atom stereocenters. The lowest BCUT2D eigenvalue weighted by atomic mass is 10.0. The molecule has 21 heavy (non-hydrogen) atoms. The van der Waals surface area contributed by atoms with Crippen LogP contribution >= 0.6 is 31.9 Å². The molecule has 0 aliphatic heterocycles. The van der Waals surface area contributed by atoms with E-state index in [9.17, 15) is 0 Å². The Balaban J connectivity index is 2.47. The van der Waals surface area contributed by atoms with E-state index in [1.807, 2.05) is 36.4 Å². The van der Waals surface area contributed by atoms with Crippen LogP contribution in [0, 0.1) is 0 Å². The van der Waals surface area contributed by atoms with E-state index in [2.05, 4.69) is 31.9 Å². The molecule has 112 valence electrons. The molecule has 0 aliphatic rings. The van der Waals surface area contributed by atoms with Crippen molar-refractivity contribution in [2.45, 2.75) is 4.83 Å². The molecule has 3 nitrogen and oxygen atoms in total. The van der Waals surface area contributed by atoms with Crippen molar-refractivity contribution >= 4 is 31.9 Å². The highest BCUT2D eigenvalue weighted by molar-refractivity contribution is 9.10. The van der Waals surface area contributed by atoms with Crippen LogP contribution in [0.25, 0.3) is 0 Å². The van der Waals surface area contributed by atoms with Gasteiger partial charge in [0.2, 0.25) is 0 Å². The monoisotopic (exact) mass is 414 g/mol. The average molecular weight is 416 g/mol. The Bertz CT molecular complexity index is 629. The van der Waals surface area contributed by atoms with Crippen molar-refractivity contribution in [3.05, 3.63) is 52.0 Å². The number of halogens is 2. The average Bonchev–Trinajstić information content (AvgIpc) is 2.53. The fraction of sp³-hybridized carbons (Fsp3) is 0.250. The summed E-state index contributed by atoms with van der Waals surface area (Å²) in [7, 11) is 4.94. The third kappa shape index (κ3) is 3.35. The third-order valence-electron chi connectivity index (χ3n) is 3.18. The first-order chi connectivity index (χ1) is 10.1. The highest BCUT2D eigenvalue weighted by Crippen LogP contribution is 2.44. The molecule has 0 spiro atoms. The number of hydrogen-bond donors (Lipinski definition) is 0. The first-order valence-electron chi connectivity index (χ1n) is 6.30. The largest absolute Gasteiger partial charge is 0.497 e. The summed E-state index contributed by atoms with van der Waals surface area (Å²) in [6.45, 7) is 0. The zero-order valence-corrected chi connectivity index (χ0v) is 15.2. The second-order valence-corrected chi connectivity index (χ2v) is 6.05. The summed E-state index contributed by atoms with van der Waals surface area (Å²) in [4.78, 5) is -0.00949. The number of alkyl halides is 1. The van der Waals surface area contributed by atoms with Gasteiger partial charge in [0.05, 0.1) is 26.2 Å². The second-order valence-electron chi connectivity index (χ2n) is 4.34. The molecule has 0 radical (unpaired) electrons. The quantitative estimate of drug-likeness (QED) is 0.646. The maximum Gasteiger partial charge on any atom is 0.141 e. The molecule has 0 saturated heterocycles. The van der Waals surface area contributed by atoms with Gasteiger partial charge in [-0.3, -0.25) is 0 Å². The Morgan fingerprint density at radius 2 is 1.71 bits per heavy atom. The smallest absolute Gasteiger partial charge is 0.141 e. The number of benzene rings is 2. The van der Waals surface area contributed by atoms with Crippen LogP contribution < -0.4 is 14.2 Å². The van der Waals surface area contributed by atoms with Crippen molar-refractivity contribution < 1.29 is 14.2 Å². The first-order valence-corrected chi connectivity index (χ1v) is 8.01. The summed E-state index contributed by atoms with van der Waals surface area (Å²) in [5.74, 6) is 2.31. The molecule has 0 fully saturated rings. The van der Waals surface area contributed by atoms with E-state index in [0.29, 0.717) is 0 Å². The fourth-order valence-corrected chi connectivity index (χ4v) is 3.43. The summed E-state index contributed by atoms with van der Waals surface area (Å²) in [5, 5.41) is 0. The number of rotatable bonds is 5. The molecular weight excluding hydrogens is 400 g/mol. The van der Waals surface area contributed by atoms with Crippen molar-refractivity contribution in [2.24, 2.45) is 0 Å². The van der Waals surface area contributed by atoms with Crippen molar-refractivity contribution in [1.82, 2.24) is 0 Å². The Hall–Kier alpha value is -1.20. The molecule has 0 heterocycles. The van der Waals surface area contributed by atoms with Crippen LogP contribution in [-0.2, 0) is 0 Å². The molecule has 2 aromatic rings. The van der Waals surface area contributed by atoms with Gasteiger partial charge in [0.1, 0.15) is 21.7 Å². The molecule has 5 heteroatoms. The van der Waals surface area contributed by atoms with Crippen molar-refractivity contribution in [2.75, 3.05) is 21.3 Å². The SMILES string of the molecule is COc1cccc(C(Br)c2ccc(OC)c(Br)c2OC)c1. The molecule has 0 aromatic heterocycles. The van der Waals surface area contributed by atoms with Crippen LogP contribution in [0.1, 0.15) is 16.0 Å². The number of methoxy groups -OCH3 is 3. The van der Waals surface area contributed by atoms with Gasteiger partial charge in [0, 0.05) is 5.56 Å². The summed E-state index contributed by atoms with van der Waals surface area (Å²) < 4.78 is 16.9. The zero-order chi connectivity index (χ0) is 15.4. The molecular formula is C16H16Br2O3. The Morgan fingerprint density at radius 3 is 2.33 bits per heavy atom. The van der Waals surface area contributed by atoms with Crippen LogP contribution in [0.4, 0.5) is 0 Å². The maximum absolute atomic E-state index is 5.53. The van der Waals surface area contributed by atoms with E-state index in [4.69, 9.17) is 14.2 Å². The lowest BCUT2D eigenvalue weighted by Gasteiger charge is -2.18. The van der Waals surface area contributed by atoms with Gasteiger partial charge in [-0.05, 0) is 39.7 Å². The normalized spacial score (nSPS) is 11.9. The lowest BCUT2D eigenvalue weighted by Crippen LogP contribution is -1.99. The van der Waals surface area contributed by atoms with Crippen molar-refractivity contribution in [3.63, 3.8) is 0 Å². The van der Waals surface area contributed by atoms with E-state index in [1.165, 1.54) is 0 Å². The Kier molecular flexibility index (Phi) is 5.53. The molecule has 0 N–H and O–H groups in total. The van der Waals surface area contributed by atoms with E-state index in [0.717, 1.165) is 32.8 Å². The number of hydrogen-bond acceptors (Lipinski definition) is 3. The van der Waals surface area contributed by atoms with E-state index < -0.39 is 0 Å². The van der Waals surface area contributed by atoms with Crippen LogP contribution in [-0.4, -0.2) is 21.3 Å². The standard InChI is InChI=1S/C16H16Br2O3/c1-19-11-6-4-5-10(9-11)14(17)12-7-8-13(20-2)15(18)16(12)21-3/h4-9,14H,1-3H3. The van der Waals surface area contributed by atoms with Gasteiger partial charge < -0.3 is 14.2 Å². The van der Waals surface area contributed by atoms with Gasteiger partial charge >= 0.3 is 0 Å². The maximum atomic E-state index is 5.53. The topological polar surface area (TPSA) is 27.7 Å². The molecule has 1 unspecified atom stereocenters. The van der Waals surface area contributed by atoms with Gasteiger partial charge in [-0.25, -0.2) is 0 Å². The molecule has 0 amide bonds. The molecule has 2 aromatic carbocycles. The minimum absolute atomic E-state index is 0.00949. The number of ether oxygens (including phenoxy) is 3. The second kappa shape index (κ2) is 7.18. The Morgan fingerprint density at radius 1 is 0.952 bits per heavy atom. The summed E-state index contributed by atoms with van der Waals surface area (Å²) in [5.41, 5.74) is 2.10. The summed E-state index contributed by atoms with van der Waals surface area (Å²) in [6.07, 6.45) is 0. The van der Waals surface area contributed by atoms with Crippen molar-refractivity contribution in [1.29, 1.82) is 0 Å². The zero-order valence-electron chi connectivity index (χ0n) is 12.0. The van der Waals surface area contributed by atoms with Gasteiger partial charge in [-0.15, -0.1) is 0 Å². The van der Waals surface area contributed by atoms with Gasteiger partial charge in [-0.1, -0.05) is 34.1 Å². The fourth-order valence-electron chi connectivity index (χ4n) is 2.10. The predicted molar refractivity (Wildman–Crippen MR) is 91.0 cm³/mol. The van der Waals surface area contributed by atoms with Crippen LogP contribution in [0.5, 0.6) is 17.2 Å². The predicted octanol–water partition coefficient (Wildman–Crippen LogP) is 4.96. The molecule has 0 bridgehead atoms. The lowest BCUT2D eigenvalue weighted by molar-refractivity contribution is 0.386. The van der Waals surface area contributed by atoms with Crippen LogP contribution in [0.2, 0.25) is 0 Å². The Labute approximate surface area is 141 Å². The summed E-state index contributed by atoms with van der Waals surface area (Å²) in [6, 6.07) is 11.8. The highest BCUT2D eigenvalue weighted by Gasteiger charge is 2.20. The third-order valence-corrected chi connectivity index (χ3v) is 4.95.